The number of hydrogen-bond donors (Lipinski definition) is 2. The second kappa shape index (κ2) is 4.41. The fourth-order valence-corrected chi connectivity index (χ4v) is 1.91. The van der Waals surface area contributed by atoms with Crippen molar-refractivity contribution in [1.29, 1.82) is 0 Å². The maximum atomic E-state index is 12.9. The van der Waals surface area contributed by atoms with Gasteiger partial charge < -0.3 is 11.1 Å². The first-order chi connectivity index (χ1) is 7.98. The average Bonchev–Trinajstić information content (AvgIpc) is 2.21. The summed E-state index contributed by atoms with van der Waals surface area (Å²) in [6.07, 6.45) is 2.91. The fourth-order valence-electron chi connectivity index (χ4n) is 1.91. The number of rotatable bonds is 3. The standard InChI is InChI=1S/C12H14F2N2O/c13-9-3-2-8(6-10(9)14)16-11(17)7-12(15)4-1-5-12/h2-3,6H,1,4-5,7,15H2,(H,16,17). The first-order valence-electron chi connectivity index (χ1n) is 5.52. The summed E-state index contributed by atoms with van der Waals surface area (Å²) < 4.78 is 25.6. The van der Waals surface area contributed by atoms with Gasteiger partial charge in [-0.05, 0) is 31.4 Å². The molecule has 1 fully saturated rings. The minimum absolute atomic E-state index is 0.214. The predicted octanol–water partition coefficient (Wildman–Crippen LogP) is 2.17. The van der Waals surface area contributed by atoms with Crippen molar-refractivity contribution in [2.45, 2.75) is 31.2 Å². The third-order valence-electron chi connectivity index (χ3n) is 3.07. The van der Waals surface area contributed by atoms with Crippen molar-refractivity contribution in [3.8, 4) is 0 Å². The molecule has 0 heterocycles. The third-order valence-corrected chi connectivity index (χ3v) is 3.07. The zero-order chi connectivity index (χ0) is 12.5. The van der Waals surface area contributed by atoms with Crippen LogP contribution in [0.4, 0.5) is 14.5 Å². The molecule has 0 unspecified atom stereocenters. The minimum atomic E-state index is -0.978. The molecule has 1 amide bonds. The molecule has 5 heteroatoms. The van der Waals surface area contributed by atoms with E-state index in [4.69, 9.17) is 5.73 Å². The summed E-state index contributed by atoms with van der Waals surface area (Å²) in [5.74, 6) is -2.18. The molecule has 0 saturated heterocycles. The van der Waals surface area contributed by atoms with Crippen LogP contribution in [-0.2, 0) is 4.79 Å². The number of halogens is 2. The minimum Gasteiger partial charge on any atom is -0.326 e. The van der Waals surface area contributed by atoms with E-state index in [1.54, 1.807) is 0 Å². The van der Waals surface area contributed by atoms with Gasteiger partial charge in [-0.25, -0.2) is 8.78 Å². The number of carbonyl (C=O) groups is 1. The lowest BCUT2D eigenvalue weighted by molar-refractivity contribution is -0.118. The first-order valence-corrected chi connectivity index (χ1v) is 5.52. The molecule has 3 N–H and O–H groups in total. The molecule has 1 aromatic rings. The van der Waals surface area contributed by atoms with Crippen LogP contribution >= 0.6 is 0 Å². The Morgan fingerprint density at radius 3 is 2.59 bits per heavy atom. The normalized spacial score (nSPS) is 17.4. The van der Waals surface area contributed by atoms with Crippen LogP contribution in [0.25, 0.3) is 0 Å². The van der Waals surface area contributed by atoms with Crippen molar-refractivity contribution in [1.82, 2.24) is 0 Å². The fraction of sp³-hybridized carbons (Fsp3) is 0.417. The molecule has 17 heavy (non-hydrogen) atoms. The van der Waals surface area contributed by atoms with Crippen molar-refractivity contribution in [2.75, 3.05) is 5.32 Å². The highest BCUT2D eigenvalue weighted by molar-refractivity contribution is 5.91. The van der Waals surface area contributed by atoms with E-state index >= 15 is 0 Å². The van der Waals surface area contributed by atoms with Gasteiger partial charge in [0.2, 0.25) is 5.91 Å². The molecule has 0 bridgehead atoms. The monoisotopic (exact) mass is 240 g/mol. The van der Waals surface area contributed by atoms with Gasteiger partial charge in [-0.3, -0.25) is 4.79 Å². The van der Waals surface area contributed by atoms with Gasteiger partial charge in [0.25, 0.3) is 0 Å². The Hall–Kier alpha value is -1.49. The van der Waals surface area contributed by atoms with Crippen molar-refractivity contribution >= 4 is 11.6 Å². The Morgan fingerprint density at radius 2 is 2.06 bits per heavy atom. The Balaban J connectivity index is 1.95. The summed E-state index contributed by atoms with van der Waals surface area (Å²) >= 11 is 0. The van der Waals surface area contributed by atoms with Crippen LogP contribution in [0.5, 0.6) is 0 Å². The van der Waals surface area contributed by atoms with Crippen LogP contribution in [-0.4, -0.2) is 11.4 Å². The Labute approximate surface area is 98.0 Å². The number of nitrogens with two attached hydrogens (primary N) is 1. The van der Waals surface area contributed by atoms with Crippen LogP contribution in [0.1, 0.15) is 25.7 Å². The predicted molar refractivity (Wildman–Crippen MR) is 60.4 cm³/mol. The van der Waals surface area contributed by atoms with Crippen molar-refractivity contribution < 1.29 is 13.6 Å². The number of carbonyl (C=O) groups excluding carboxylic acids is 1. The van der Waals surface area contributed by atoms with Gasteiger partial charge in [-0.2, -0.15) is 0 Å². The number of amides is 1. The lowest BCUT2D eigenvalue weighted by atomic mass is 9.75. The van der Waals surface area contributed by atoms with Crippen molar-refractivity contribution in [3.05, 3.63) is 29.8 Å². The number of anilines is 1. The van der Waals surface area contributed by atoms with Crippen molar-refractivity contribution in [3.63, 3.8) is 0 Å². The Morgan fingerprint density at radius 1 is 1.35 bits per heavy atom. The van der Waals surface area contributed by atoms with Crippen LogP contribution in [0, 0.1) is 11.6 Å². The molecule has 0 atom stereocenters. The smallest absolute Gasteiger partial charge is 0.226 e. The molecule has 0 aliphatic heterocycles. The molecule has 0 aromatic heterocycles. The number of nitrogens with one attached hydrogen (secondary N) is 1. The summed E-state index contributed by atoms with van der Waals surface area (Å²) in [5, 5.41) is 2.51. The van der Waals surface area contributed by atoms with Crippen LogP contribution in [0.15, 0.2) is 18.2 Å². The van der Waals surface area contributed by atoms with Gasteiger partial charge in [-0.1, -0.05) is 0 Å². The largest absolute Gasteiger partial charge is 0.326 e. The van der Waals surface area contributed by atoms with E-state index in [1.807, 2.05) is 0 Å². The van der Waals surface area contributed by atoms with E-state index in [9.17, 15) is 13.6 Å². The lowest BCUT2D eigenvalue weighted by Gasteiger charge is -2.37. The topological polar surface area (TPSA) is 55.1 Å². The molecule has 2 rings (SSSR count). The quantitative estimate of drug-likeness (QED) is 0.850. The molecule has 1 aromatic carbocycles. The molecule has 92 valence electrons. The van der Waals surface area contributed by atoms with E-state index in [1.165, 1.54) is 6.07 Å². The Bertz CT molecular complexity index is 444. The van der Waals surface area contributed by atoms with Gasteiger partial charge in [0.05, 0.1) is 0 Å². The van der Waals surface area contributed by atoms with Gasteiger partial charge >= 0.3 is 0 Å². The SMILES string of the molecule is NC1(CC(=O)Nc2ccc(F)c(F)c2)CCC1. The highest BCUT2D eigenvalue weighted by Gasteiger charge is 2.34. The summed E-state index contributed by atoms with van der Waals surface area (Å²) in [5.41, 5.74) is 5.75. The second-order valence-corrected chi connectivity index (χ2v) is 4.57. The van der Waals surface area contributed by atoms with E-state index in [0.29, 0.717) is 0 Å². The second-order valence-electron chi connectivity index (χ2n) is 4.57. The number of benzene rings is 1. The highest BCUT2D eigenvalue weighted by atomic mass is 19.2. The van der Waals surface area contributed by atoms with Crippen LogP contribution in [0.3, 0.4) is 0 Å². The molecule has 1 saturated carbocycles. The van der Waals surface area contributed by atoms with Gasteiger partial charge in [0.15, 0.2) is 11.6 Å². The lowest BCUT2D eigenvalue weighted by Crippen LogP contribution is -2.48. The summed E-state index contributed by atoms with van der Waals surface area (Å²) in [4.78, 5) is 11.6. The molecular weight excluding hydrogens is 226 g/mol. The van der Waals surface area contributed by atoms with E-state index in [0.717, 1.165) is 31.4 Å². The van der Waals surface area contributed by atoms with E-state index in [-0.39, 0.29) is 18.0 Å². The maximum absolute atomic E-state index is 12.9. The summed E-state index contributed by atoms with van der Waals surface area (Å²) in [7, 11) is 0. The molecular formula is C12H14F2N2O. The zero-order valence-electron chi connectivity index (χ0n) is 9.30. The van der Waals surface area contributed by atoms with Crippen molar-refractivity contribution in [2.24, 2.45) is 5.73 Å². The molecule has 0 radical (unpaired) electrons. The molecule has 3 nitrogen and oxygen atoms in total. The Kier molecular flexibility index (Phi) is 3.11. The molecule has 1 aliphatic carbocycles. The molecule has 1 aliphatic rings. The van der Waals surface area contributed by atoms with Gasteiger partial charge in [0.1, 0.15) is 0 Å². The highest BCUT2D eigenvalue weighted by Crippen LogP contribution is 2.32. The maximum Gasteiger partial charge on any atom is 0.226 e. The van der Waals surface area contributed by atoms with E-state index < -0.39 is 17.2 Å². The zero-order valence-corrected chi connectivity index (χ0v) is 9.30. The summed E-state index contributed by atoms with van der Waals surface area (Å²) in [6.45, 7) is 0. The number of hydrogen-bond acceptors (Lipinski definition) is 2. The first kappa shape index (κ1) is 12.0. The van der Waals surface area contributed by atoms with Crippen LogP contribution < -0.4 is 11.1 Å². The third kappa shape index (κ3) is 2.79. The van der Waals surface area contributed by atoms with E-state index in [2.05, 4.69) is 5.32 Å². The summed E-state index contributed by atoms with van der Waals surface area (Å²) in [6, 6.07) is 3.25. The average molecular weight is 240 g/mol. The van der Waals surface area contributed by atoms with Gasteiger partial charge in [-0.15, -0.1) is 0 Å². The van der Waals surface area contributed by atoms with Crippen LogP contribution in [0.2, 0.25) is 0 Å². The molecule has 0 spiro atoms. The van der Waals surface area contributed by atoms with Gasteiger partial charge in [0, 0.05) is 23.7 Å².